The third kappa shape index (κ3) is 4.30. The first kappa shape index (κ1) is 17.3. The fraction of sp³-hybridized carbons (Fsp3) is 0.250. The van der Waals surface area contributed by atoms with Crippen LogP contribution in [0, 0.1) is 0 Å². The van der Waals surface area contributed by atoms with Gasteiger partial charge < -0.3 is 4.74 Å². The monoisotopic (exact) mass is 330 g/mol. The maximum Gasteiger partial charge on any atom is 0.127 e. The lowest BCUT2D eigenvalue weighted by Crippen LogP contribution is -1.95. The van der Waals surface area contributed by atoms with E-state index in [9.17, 15) is 0 Å². The van der Waals surface area contributed by atoms with Crippen molar-refractivity contribution >= 4 is 0 Å². The molecule has 1 nitrogen and oxygen atoms in total. The number of benzene rings is 3. The molecule has 0 fully saturated rings. The molecule has 0 heterocycles. The summed E-state index contributed by atoms with van der Waals surface area (Å²) < 4.78 is 5.89. The number of hydrogen-bond donors (Lipinski definition) is 0. The van der Waals surface area contributed by atoms with E-state index in [4.69, 9.17) is 4.74 Å². The van der Waals surface area contributed by atoms with E-state index >= 15 is 0 Å². The van der Waals surface area contributed by atoms with Crippen LogP contribution in [0.4, 0.5) is 0 Å². The van der Waals surface area contributed by atoms with Crippen molar-refractivity contribution in [2.24, 2.45) is 0 Å². The topological polar surface area (TPSA) is 9.23 Å². The summed E-state index contributed by atoms with van der Waals surface area (Å²) in [4.78, 5) is 0. The summed E-state index contributed by atoms with van der Waals surface area (Å²) in [5.41, 5.74) is 5.29. The predicted molar refractivity (Wildman–Crippen MR) is 107 cm³/mol. The minimum Gasteiger partial charge on any atom is -0.457 e. The highest BCUT2D eigenvalue weighted by molar-refractivity contribution is 5.66. The largest absolute Gasteiger partial charge is 0.457 e. The summed E-state index contributed by atoms with van der Waals surface area (Å²) >= 11 is 0. The standard InChI is InChI=1S/C24H26O/c1-17(2)20-14-21(18(3)4)16-22(15-20)19-10-12-24(13-11-19)25-23-8-6-5-7-9-23/h5-18H,1-4H3. The van der Waals surface area contributed by atoms with Crippen molar-refractivity contribution in [3.63, 3.8) is 0 Å². The SMILES string of the molecule is CC(C)c1cc(-c2ccc(Oc3ccccc3)cc2)cc(C(C)C)c1. The van der Waals surface area contributed by atoms with Crippen LogP contribution in [-0.4, -0.2) is 0 Å². The minimum absolute atomic E-state index is 0.526. The summed E-state index contributed by atoms with van der Waals surface area (Å²) in [6.45, 7) is 9.00. The minimum atomic E-state index is 0.526. The molecule has 0 saturated carbocycles. The highest BCUT2D eigenvalue weighted by Gasteiger charge is 2.09. The molecule has 0 aliphatic heterocycles. The molecule has 0 aromatic heterocycles. The number of rotatable bonds is 5. The maximum atomic E-state index is 5.89. The Morgan fingerprint density at radius 3 is 1.60 bits per heavy atom. The fourth-order valence-electron chi connectivity index (χ4n) is 2.85. The lowest BCUT2D eigenvalue weighted by Gasteiger charge is -2.15. The summed E-state index contributed by atoms with van der Waals surface area (Å²) in [5.74, 6) is 2.77. The average molecular weight is 330 g/mol. The van der Waals surface area contributed by atoms with Gasteiger partial charge in [0.15, 0.2) is 0 Å². The van der Waals surface area contributed by atoms with Crippen LogP contribution in [0.1, 0.15) is 50.7 Å². The molecule has 0 aliphatic carbocycles. The van der Waals surface area contributed by atoms with Crippen LogP contribution >= 0.6 is 0 Å². The summed E-state index contributed by atoms with van der Waals surface area (Å²) in [6.07, 6.45) is 0. The zero-order chi connectivity index (χ0) is 17.8. The van der Waals surface area contributed by atoms with Gasteiger partial charge in [0.2, 0.25) is 0 Å². The van der Waals surface area contributed by atoms with Crippen LogP contribution in [0.3, 0.4) is 0 Å². The van der Waals surface area contributed by atoms with E-state index in [0.29, 0.717) is 11.8 Å². The Kier molecular flexibility index (Phi) is 5.23. The number of ether oxygens (including phenoxy) is 1. The Bertz CT molecular complexity index is 788. The van der Waals surface area contributed by atoms with Gasteiger partial charge in [0, 0.05) is 0 Å². The quantitative estimate of drug-likeness (QED) is 0.474. The van der Waals surface area contributed by atoms with E-state index in [0.717, 1.165) is 11.5 Å². The normalized spacial score (nSPS) is 11.1. The van der Waals surface area contributed by atoms with Gasteiger partial charge in [-0.15, -0.1) is 0 Å². The van der Waals surface area contributed by atoms with Crippen LogP contribution < -0.4 is 4.74 Å². The van der Waals surface area contributed by atoms with Crippen molar-refractivity contribution in [1.82, 2.24) is 0 Å². The smallest absolute Gasteiger partial charge is 0.127 e. The predicted octanol–water partition coefficient (Wildman–Crippen LogP) is 7.39. The number of para-hydroxylation sites is 1. The van der Waals surface area contributed by atoms with Crippen LogP contribution in [0.15, 0.2) is 72.8 Å². The second-order valence-electron chi connectivity index (χ2n) is 7.14. The number of hydrogen-bond acceptors (Lipinski definition) is 1. The summed E-state index contributed by atoms with van der Waals surface area (Å²) in [6, 6.07) is 25.2. The second kappa shape index (κ2) is 7.57. The molecule has 0 amide bonds. The molecule has 3 rings (SSSR count). The maximum absolute atomic E-state index is 5.89. The Labute approximate surface area is 151 Å². The van der Waals surface area contributed by atoms with Crippen molar-refractivity contribution in [2.75, 3.05) is 0 Å². The first-order chi connectivity index (χ1) is 12.0. The second-order valence-corrected chi connectivity index (χ2v) is 7.14. The van der Waals surface area contributed by atoms with E-state index in [1.54, 1.807) is 0 Å². The van der Waals surface area contributed by atoms with Crippen molar-refractivity contribution in [3.05, 3.63) is 83.9 Å². The van der Waals surface area contributed by atoms with Crippen LogP contribution in [-0.2, 0) is 0 Å². The Morgan fingerprint density at radius 2 is 1.08 bits per heavy atom. The zero-order valence-electron chi connectivity index (χ0n) is 15.5. The van der Waals surface area contributed by atoms with Gasteiger partial charge in [0.25, 0.3) is 0 Å². The molecule has 0 bridgehead atoms. The lowest BCUT2D eigenvalue weighted by atomic mass is 9.91. The van der Waals surface area contributed by atoms with E-state index in [1.807, 2.05) is 42.5 Å². The average Bonchev–Trinajstić information content (AvgIpc) is 2.62. The van der Waals surface area contributed by atoms with E-state index in [2.05, 4.69) is 58.0 Å². The third-order valence-corrected chi connectivity index (χ3v) is 4.48. The van der Waals surface area contributed by atoms with Crippen LogP contribution in [0.25, 0.3) is 11.1 Å². The molecule has 0 saturated heterocycles. The van der Waals surface area contributed by atoms with Gasteiger partial charge in [0.1, 0.15) is 11.5 Å². The first-order valence-electron chi connectivity index (χ1n) is 9.01. The van der Waals surface area contributed by atoms with Gasteiger partial charge in [-0.25, -0.2) is 0 Å². The van der Waals surface area contributed by atoms with Crippen molar-refractivity contribution in [2.45, 2.75) is 39.5 Å². The molecule has 3 aromatic rings. The Hall–Kier alpha value is -2.54. The highest BCUT2D eigenvalue weighted by atomic mass is 16.5. The molecular formula is C24H26O. The Balaban J connectivity index is 1.89. The van der Waals surface area contributed by atoms with Gasteiger partial charge >= 0.3 is 0 Å². The molecule has 128 valence electrons. The van der Waals surface area contributed by atoms with Gasteiger partial charge in [-0.2, -0.15) is 0 Å². The zero-order valence-corrected chi connectivity index (χ0v) is 15.5. The van der Waals surface area contributed by atoms with E-state index in [-0.39, 0.29) is 0 Å². The van der Waals surface area contributed by atoms with Gasteiger partial charge in [0.05, 0.1) is 0 Å². The molecule has 0 radical (unpaired) electrons. The lowest BCUT2D eigenvalue weighted by molar-refractivity contribution is 0.483. The van der Waals surface area contributed by atoms with E-state index in [1.165, 1.54) is 22.3 Å². The molecule has 0 N–H and O–H groups in total. The van der Waals surface area contributed by atoms with Gasteiger partial charge in [-0.3, -0.25) is 0 Å². The summed E-state index contributed by atoms with van der Waals surface area (Å²) in [5, 5.41) is 0. The molecule has 0 spiro atoms. The molecule has 1 heteroatoms. The summed E-state index contributed by atoms with van der Waals surface area (Å²) in [7, 11) is 0. The first-order valence-corrected chi connectivity index (χ1v) is 9.01. The van der Waals surface area contributed by atoms with Crippen molar-refractivity contribution in [1.29, 1.82) is 0 Å². The highest BCUT2D eigenvalue weighted by Crippen LogP contribution is 2.31. The van der Waals surface area contributed by atoms with E-state index < -0.39 is 0 Å². The third-order valence-electron chi connectivity index (χ3n) is 4.48. The van der Waals surface area contributed by atoms with Crippen molar-refractivity contribution in [3.8, 4) is 22.6 Å². The molecule has 25 heavy (non-hydrogen) atoms. The molecule has 0 unspecified atom stereocenters. The molecule has 0 atom stereocenters. The fourth-order valence-corrected chi connectivity index (χ4v) is 2.85. The molecule has 3 aromatic carbocycles. The molecule has 0 aliphatic rings. The van der Waals surface area contributed by atoms with Gasteiger partial charge in [-0.05, 0) is 58.4 Å². The van der Waals surface area contributed by atoms with Crippen molar-refractivity contribution < 1.29 is 4.74 Å². The van der Waals surface area contributed by atoms with Gasteiger partial charge in [-0.1, -0.05) is 76.2 Å². The van der Waals surface area contributed by atoms with Crippen LogP contribution in [0.5, 0.6) is 11.5 Å². The Morgan fingerprint density at radius 1 is 0.560 bits per heavy atom. The molecular weight excluding hydrogens is 304 g/mol. The van der Waals surface area contributed by atoms with Crippen LogP contribution in [0.2, 0.25) is 0 Å².